The van der Waals surface area contributed by atoms with E-state index >= 15 is 0 Å². The van der Waals surface area contributed by atoms with Gasteiger partial charge in [0.2, 0.25) is 5.91 Å². The second-order valence-electron chi connectivity index (χ2n) is 5.91. The second kappa shape index (κ2) is 5.83. The minimum absolute atomic E-state index is 0.190. The van der Waals surface area contributed by atoms with Crippen LogP contribution in [0.25, 0.3) is 0 Å². The SMILES string of the molecule is Cc1cccc(OC2CN(CCC(=O)NC3CC3)C2)c1. The molecule has 1 aliphatic heterocycles. The van der Waals surface area contributed by atoms with Gasteiger partial charge < -0.3 is 10.1 Å². The molecule has 0 unspecified atom stereocenters. The monoisotopic (exact) mass is 274 g/mol. The zero-order valence-electron chi connectivity index (χ0n) is 12.0. The zero-order chi connectivity index (χ0) is 13.9. The second-order valence-corrected chi connectivity index (χ2v) is 5.91. The van der Waals surface area contributed by atoms with E-state index in [1.807, 2.05) is 12.1 Å². The predicted molar refractivity (Wildman–Crippen MR) is 77.8 cm³/mol. The molecular weight excluding hydrogens is 252 g/mol. The van der Waals surface area contributed by atoms with Crippen LogP contribution in [0.1, 0.15) is 24.8 Å². The summed E-state index contributed by atoms with van der Waals surface area (Å²) in [4.78, 5) is 13.8. The molecule has 1 amide bonds. The first-order valence-corrected chi connectivity index (χ1v) is 7.44. The lowest BCUT2D eigenvalue weighted by Crippen LogP contribution is -2.54. The van der Waals surface area contributed by atoms with Crippen molar-refractivity contribution in [1.82, 2.24) is 10.2 Å². The summed E-state index contributed by atoms with van der Waals surface area (Å²) in [5.74, 6) is 1.14. The minimum Gasteiger partial charge on any atom is -0.488 e. The average Bonchev–Trinajstić information content (AvgIpc) is 3.16. The molecule has 0 atom stereocenters. The largest absolute Gasteiger partial charge is 0.488 e. The highest BCUT2D eigenvalue weighted by Crippen LogP contribution is 2.20. The van der Waals surface area contributed by atoms with Gasteiger partial charge in [-0.25, -0.2) is 0 Å². The molecule has 4 nitrogen and oxygen atoms in total. The van der Waals surface area contributed by atoms with E-state index in [4.69, 9.17) is 4.74 Å². The molecule has 0 spiro atoms. The third-order valence-electron chi connectivity index (χ3n) is 3.81. The summed E-state index contributed by atoms with van der Waals surface area (Å²) in [5, 5.41) is 3.02. The number of ether oxygens (including phenoxy) is 1. The maximum atomic E-state index is 11.6. The Morgan fingerprint density at radius 2 is 2.20 bits per heavy atom. The Morgan fingerprint density at radius 3 is 2.90 bits per heavy atom. The van der Waals surface area contributed by atoms with Gasteiger partial charge in [0.05, 0.1) is 0 Å². The number of aryl methyl sites for hydroxylation is 1. The average molecular weight is 274 g/mol. The molecule has 1 heterocycles. The molecule has 2 aliphatic rings. The number of amides is 1. The van der Waals surface area contributed by atoms with Crippen LogP contribution in [0, 0.1) is 6.92 Å². The summed E-state index contributed by atoms with van der Waals surface area (Å²) in [6.45, 7) is 4.75. The number of hydrogen-bond acceptors (Lipinski definition) is 3. The summed E-state index contributed by atoms with van der Waals surface area (Å²) in [6, 6.07) is 8.61. The van der Waals surface area contributed by atoms with Gasteiger partial charge in [0, 0.05) is 32.1 Å². The maximum absolute atomic E-state index is 11.6. The summed E-state index contributed by atoms with van der Waals surface area (Å²) >= 11 is 0. The Balaban J connectivity index is 1.33. The van der Waals surface area contributed by atoms with Crippen molar-refractivity contribution in [3.05, 3.63) is 29.8 Å². The summed E-state index contributed by atoms with van der Waals surface area (Å²) < 4.78 is 5.90. The van der Waals surface area contributed by atoms with Crippen LogP contribution in [0.4, 0.5) is 0 Å². The number of carbonyl (C=O) groups is 1. The number of rotatable bonds is 6. The molecule has 4 heteroatoms. The van der Waals surface area contributed by atoms with E-state index in [0.29, 0.717) is 12.5 Å². The third kappa shape index (κ3) is 3.73. The summed E-state index contributed by atoms with van der Waals surface area (Å²) in [6.07, 6.45) is 3.18. The molecule has 3 rings (SSSR count). The molecule has 1 aromatic carbocycles. The topological polar surface area (TPSA) is 41.6 Å². The van der Waals surface area contributed by atoms with Gasteiger partial charge in [0.1, 0.15) is 11.9 Å². The molecule has 1 saturated heterocycles. The lowest BCUT2D eigenvalue weighted by Gasteiger charge is -2.38. The molecule has 1 N–H and O–H groups in total. The number of nitrogens with one attached hydrogen (secondary N) is 1. The molecule has 0 bridgehead atoms. The third-order valence-corrected chi connectivity index (χ3v) is 3.81. The summed E-state index contributed by atoms with van der Waals surface area (Å²) in [7, 11) is 0. The van der Waals surface area contributed by atoms with Gasteiger partial charge in [-0.15, -0.1) is 0 Å². The van der Waals surface area contributed by atoms with Crippen LogP contribution in [0.5, 0.6) is 5.75 Å². The molecule has 108 valence electrons. The highest BCUT2D eigenvalue weighted by Gasteiger charge is 2.29. The normalized spacial score (nSPS) is 19.4. The van der Waals surface area contributed by atoms with E-state index < -0.39 is 0 Å². The van der Waals surface area contributed by atoms with E-state index in [-0.39, 0.29) is 12.0 Å². The van der Waals surface area contributed by atoms with Crippen molar-refractivity contribution < 1.29 is 9.53 Å². The maximum Gasteiger partial charge on any atom is 0.221 e. The molecular formula is C16H22N2O2. The van der Waals surface area contributed by atoms with Gasteiger partial charge in [-0.05, 0) is 37.5 Å². The van der Waals surface area contributed by atoms with Crippen molar-refractivity contribution in [3.63, 3.8) is 0 Å². The van der Waals surface area contributed by atoms with Gasteiger partial charge in [0.25, 0.3) is 0 Å². The summed E-state index contributed by atoms with van der Waals surface area (Å²) in [5.41, 5.74) is 1.22. The molecule has 1 aromatic rings. The minimum atomic E-state index is 0.190. The highest BCUT2D eigenvalue weighted by molar-refractivity contribution is 5.76. The standard InChI is InChI=1S/C16H22N2O2/c1-12-3-2-4-14(9-12)20-15-10-18(11-15)8-7-16(19)17-13-5-6-13/h2-4,9,13,15H,5-8,10-11H2,1H3,(H,17,19). The molecule has 2 fully saturated rings. The number of likely N-dealkylation sites (tertiary alicyclic amines) is 1. The van der Waals surface area contributed by atoms with Gasteiger partial charge in [0.15, 0.2) is 0 Å². The molecule has 0 radical (unpaired) electrons. The Hall–Kier alpha value is -1.55. The zero-order valence-corrected chi connectivity index (χ0v) is 12.0. The van der Waals surface area contributed by atoms with Crippen molar-refractivity contribution in [2.24, 2.45) is 0 Å². The fourth-order valence-electron chi connectivity index (χ4n) is 2.45. The van der Waals surface area contributed by atoms with Crippen molar-refractivity contribution in [1.29, 1.82) is 0 Å². The molecule has 1 aliphatic carbocycles. The first-order valence-electron chi connectivity index (χ1n) is 7.44. The molecule has 0 aromatic heterocycles. The van der Waals surface area contributed by atoms with E-state index in [9.17, 15) is 4.79 Å². The Labute approximate surface area is 120 Å². The predicted octanol–water partition coefficient (Wildman–Crippen LogP) is 1.73. The van der Waals surface area contributed by atoms with Crippen molar-refractivity contribution >= 4 is 5.91 Å². The molecule has 1 saturated carbocycles. The number of carbonyl (C=O) groups excluding carboxylic acids is 1. The fraction of sp³-hybridized carbons (Fsp3) is 0.562. The van der Waals surface area contributed by atoms with Crippen molar-refractivity contribution in [2.45, 2.75) is 38.3 Å². The van der Waals surface area contributed by atoms with Crippen LogP contribution in [-0.4, -0.2) is 42.6 Å². The Bertz CT molecular complexity index is 479. The van der Waals surface area contributed by atoms with Gasteiger partial charge in [-0.2, -0.15) is 0 Å². The number of nitrogens with zero attached hydrogens (tertiary/aromatic N) is 1. The van der Waals surface area contributed by atoms with E-state index in [1.165, 1.54) is 5.56 Å². The van der Waals surface area contributed by atoms with Crippen LogP contribution < -0.4 is 10.1 Å². The van der Waals surface area contributed by atoms with Crippen LogP contribution in [0.3, 0.4) is 0 Å². The van der Waals surface area contributed by atoms with Gasteiger partial charge in [-0.3, -0.25) is 9.69 Å². The van der Waals surface area contributed by atoms with E-state index in [1.54, 1.807) is 0 Å². The van der Waals surface area contributed by atoms with E-state index in [0.717, 1.165) is 38.2 Å². The fourth-order valence-corrected chi connectivity index (χ4v) is 2.45. The van der Waals surface area contributed by atoms with Gasteiger partial charge in [-0.1, -0.05) is 12.1 Å². The van der Waals surface area contributed by atoms with Crippen LogP contribution in [0.15, 0.2) is 24.3 Å². The van der Waals surface area contributed by atoms with E-state index in [2.05, 4.69) is 29.3 Å². The quantitative estimate of drug-likeness (QED) is 0.859. The Kier molecular flexibility index (Phi) is 3.92. The van der Waals surface area contributed by atoms with Gasteiger partial charge >= 0.3 is 0 Å². The van der Waals surface area contributed by atoms with Crippen LogP contribution in [-0.2, 0) is 4.79 Å². The number of hydrogen-bond donors (Lipinski definition) is 1. The Morgan fingerprint density at radius 1 is 1.40 bits per heavy atom. The van der Waals surface area contributed by atoms with Crippen molar-refractivity contribution in [3.8, 4) is 5.75 Å². The lowest BCUT2D eigenvalue weighted by molar-refractivity contribution is -0.122. The number of benzene rings is 1. The highest BCUT2D eigenvalue weighted by atomic mass is 16.5. The first-order chi connectivity index (χ1) is 9.69. The van der Waals surface area contributed by atoms with Crippen molar-refractivity contribution in [2.75, 3.05) is 19.6 Å². The van der Waals surface area contributed by atoms with Crippen LogP contribution in [0.2, 0.25) is 0 Å². The smallest absolute Gasteiger partial charge is 0.221 e. The molecule has 20 heavy (non-hydrogen) atoms. The van der Waals surface area contributed by atoms with Crippen LogP contribution >= 0.6 is 0 Å². The lowest BCUT2D eigenvalue weighted by atomic mass is 10.1. The first kappa shape index (κ1) is 13.4.